The number of carbonyl (C=O) groups excluding carboxylic acids is 1. The van der Waals surface area contributed by atoms with E-state index >= 15 is 0 Å². The van der Waals surface area contributed by atoms with Crippen molar-refractivity contribution >= 4 is 12.1 Å². The first-order valence-electron chi connectivity index (χ1n) is 8.70. The number of likely N-dealkylation sites (tertiary alicyclic amines) is 1. The van der Waals surface area contributed by atoms with Crippen molar-refractivity contribution in [3.63, 3.8) is 0 Å². The molecule has 1 rings (SSSR count). The molecule has 1 unspecified atom stereocenters. The summed E-state index contributed by atoms with van der Waals surface area (Å²) in [6.45, 7) is 13.9. The van der Waals surface area contributed by atoms with Crippen LogP contribution in [0.3, 0.4) is 0 Å². The normalized spacial score (nSPS) is 19.5. The molecule has 1 fully saturated rings. The molecule has 0 aromatic rings. The first kappa shape index (κ1) is 19.6. The van der Waals surface area contributed by atoms with E-state index in [2.05, 4.69) is 22.1 Å². The fraction of sp³-hybridized carbons (Fsp3) is 0.882. The average Bonchev–Trinajstić information content (AvgIpc) is 2.45. The summed E-state index contributed by atoms with van der Waals surface area (Å²) in [5, 5.41) is 3.37. The topological polar surface area (TPSA) is 57.2 Å². The van der Waals surface area contributed by atoms with Gasteiger partial charge in [0.2, 0.25) is 0 Å². The van der Waals surface area contributed by atoms with E-state index in [-0.39, 0.29) is 6.09 Å². The Balaban J connectivity index is 2.44. The number of aliphatic imine (C=N–C) groups is 1. The number of hydrogen-bond acceptors (Lipinski definition) is 3. The van der Waals surface area contributed by atoms with Crippen molar-refractivity contribution < 1.29 is 9.53 Å². The van der Waals surface area contributed by atoms with Gasteiger partial charge in [-0.1, -0.05) is 6.92 Å². The van der Waals surface area contributed by atoms with Gasteiger partial charge in [0.05, 0.1) is 0 Å². The minimum atomic E-state index is -0.460. The van der Waals surface area contributed by atoms with Gasteiger partial charge in [0.25, 0.3) is 0 Å². The maximum Gasteiger partial charge on any atom is 0.410 e. The first-order valence-corrected chi connectivity index (χ1v) is 8.70. The Bertz CT molecular complexity index is 404. The monoisotopic (exact) mass is 326 g/mol. The second-order valence-electron chi connectivity index (χ2n) is 7.23. The molecule has 1 heterocycles. The van der Waals surface area contributed by atoms with Crippen LogP contribution in [0.25, 0.3) is 0 Å². The Morgan fingerprint density at radius 2 is 2.13 bits per heavy atom. The molecule has 1 atom stereocenters. The Morgan fingerprint density at radius 1 is 1.43 bits per heavy atom. The summed E-state index contributed by atoms with van der Waals surface area (Å²) in [5.41, 5.74) is -0.460. The Morgan fingerprint density at radius 3 is 2.65 bits per heavy atom. The molecule has 23 heavy (non-hydrogen) atoms. The summed E-state index contributed by atoms with van der Waals surface area (Å²) in [4.78, 5) is 20.5. The fourth-order valence-electron chi connectivity index (χ4n) is 2.72. The molecule has 6 heteroatoms. The highest BCUT2D eigenvalue weighted by molar-refractivity contribution is 5.80. The minimum Gasteiger partial charge on any atom is -0.444 e. The van der Waals surface area contributed by atoms with Crippen molar-refractivity contribution in [2.24, 2.45) is 10.9 Å². The molecule has 0 aliphatic carbocycles. The Labute approximate surface area is 141 Å². The van der Waals surface area contributed by atoms with E-state index in [1.54, 1.807) is 4.90 Å². The van der Waals surface area contributed by atoms with Crippen LogP contribution in [-0.4, -0.2) is 67.2 Å². The highest BCUT2D eigenvalue weighted by atomic mass is 16.6. The number of amides is 1. The lowest BCUT2D eigenvalue weighted by molar-refractivity contribution is 0.0263. The third-order valence-electron chi connectivity index (χ3n) is 3.87. The van der Waals surface area contributed by atoms with Gasteiger partial charge in [-0.15, -0.1) is 0 Å². The lowest BCUT2D eigenvalue weighted by Gasteiger charge is -2.34. The van der Waals surface area contributed by atoms with Gasteiger partial charge in [-0.05, 0) is 46.5 Å². The van der Waals surface area contributed by atoms with Crippen LogP contribution >= 0.6 is 0 Å². The van der Waals surface area contributed by atoms with Crippen molar-refractivity contribution in [3.05, 3.63) is 0 Å². The number of hydrogen-bond donors (Lipinski definition) is 1. The summed E-state index contributed by atoms with van der Waals surface area (Å²) in [6.07, 6.45) is 2.24. The highest BCUT2D eigenvalue weighted by Crippen LogP contribution is 2.15. The Hall–Kier alpha value is -1.46. The van der Waals surface area contributed by atoms with Crippen LogP contribution in [0.4, 0.5) is 4.79 Å². The van der Waals surface area contributed by atoms with Crippen molar-refractivity contribution in [2.75, 3.05) is 39.8 Å². The van der Waals surface area contributed by atoms with Crippen LogP contribution < -0.4 is 5.32 Å². The molecule has 134 valence electrons. The largest absolute Gasteiger partial charge is 0.444 e. The zero-order valence-electron chi connectivity index (χ0n) is 15.7. The lowest BCUT2D eigenvalue weighted by atomic mass is 10.0. The molecule has 0 radical (unpaired) electrons. The maximum absolute atomic E-state index is 12.1. The minimum absolute atomic E-state index is 0.261. The molecule has 1 aliphatic heterocycles. The molecular formula is C17H34N4O2. The second kappa shape index (κ2) is 8.99. The van der Waals surface area contributed by atoms with Crippen LogP contribution in [-0.2, 0) is 4.74 Å². The van der Waals surface area contributed by atoms with Crippen molar-refractivity contribution in [2.45, 2.75) is 53.1 Å². The zero-order valence-corrected chi connectivity index (χ0v) is 15.7. The van der Waals surface area contributed by atoms with E-state index in [9.17, 15) is 4.79 Å². The Kier molecular flexibility index (Phi) is 7.65. The number of carbonyl (C=O) groups is 1. The van der Waals surface area contributed by atoms with Gasteiger partial charge in [0, 0.05) is 39.8 Å². The maximum atomic E-state index is 12.1. The number of likely N-dealkylation sites (N-methyl/N-ethyl adjacent to an activating group) is 1. The van der Waals surface area contributed by atoms with Gasteiger partial charge in [-0.2, -0.15) is 0 Å². The fourth-order valence-corrected chi connectivity index (χ4v) is 2.72. The van der Waals surface area contributed by atoms with E-state index in [1.165, 1.54) is 12.8 Å². The van der Waals surface area contributed by atoms with Crippen LogP contribution in [0, 0.1) is 5.92 Å². The van der Waals surface area contributed by atoms with E-state index in [4.69, 9.17) is 4.74 Å². The van der Waals surface area contributed by atoms with Crippen LogP contribution in [0.5, 0.6) is 0 Å². The quantitative estimate of drug-likeness (QED) is 0.637. The molecule has 0 bridgehead atoms. The molecule has 1 N–H and O–H groups in total. The van der Waals surface area contributed by atoms with Crippen LogP contribution in [0.1, 0.15) is 47.5 Å². The van der Waals surface area contributed by atoms with Crippen LogP contribution in [0.2, 0.25) is 0 Å². The van der Waals surface area contributed by atoms with E-state index in [1.807, 2.05) is 34.7 Å². The summed E-state index contributed by atoms with van der Waals surface area (Å²) in [5.74, 6) is 1.63. The molecule has 1 aliphatic rings. The second-order valence-corrected chi connectivity index (χ2v) is 7.23. The SMILES string of the molecule is CCN(CCNC(=NC)N1CCCC(C)C1)C(=O)OC(C)(C)C. The van der Waals surface area contributed by atoms with Gasteiger partial charge in [-0.3, -0.25) is 4.99 Å². The third-order valence-corrected chi connectivity index (χ3v) is 3.87. The predicted octanol–water partition coefficient (Wildman–Crippen LogP) is 2.55. The molecule has 6 nitrogen and oxygen atoms in total. The number of nitrogens with zero attached hydrogens (tertiary/aromatic N) is 3. The van der Waals surface area contributed by atoms with Crippen molar-refractivity contribution in [1.82, 2.24) is 15.1 Å². The molecule has 0 saturated carbocycles. The van der Waals surface area contributed by atoms with Gasteiger partial charge >= 0.3 is 6.09 Å². The molecule has 1 saturated heterocycles. The number of ether oxygens (including phenoxy) is 1. The molecule has 0 aromatic heterocycles. The standard InChI is InChI=1S/C17H34N4O2/c1-7-20(16(22)23-17(3,4)5)12-10-19-15(18-6)21-11-8-9-14(2)13-21/h14H,7-13H2,1-6H3,(H,18,19). The summed E-state index contributed by atoms with van der Waals surface area (Å²) in [7, 11) is 1.81. The number of piperidine rings is 1. The number of rotatable bonds is 4. The van der Waals surface area contributed by atoms with E-state index < -0.39 is 5.60 Å². The zero-order chi connectivity index (χ0) is 17.5. The third kappa shape index (κ3) is 7.10. The molecule has 1 amide bonds. The smallest absolute Gasteiger partial charge is 0.410 e. The van der Waals surface area contributed by atoms with E-state index in [0.29, 0.717) is 25.6 Å². The van der Waals surface area contributed by atoms with Gasteiger partial charge in [0.15, 0.2) is 5.96 Å². The summed E-state index contributed by atoms with van der Waals surface area (Å²) < 4.78 is 5.42. The average molecular weight is 326 g/mol. The van der Waals surface area contributed by atoms with Crippen molar-refractivity contribution in [1.29, 1.82) is 0 Å². The summed E-state index contributed by atoms with van der Waals surface area (Å²) >= 11 is 0. The molecule has 0 aromatic carbocycles. The van der Waals surface area contributed by atoms with Gasteiger partial charge in [0.1, 0.15) is 5.60 Å². The predicted molar refractivity (Wildman–Crippen MR) is 94.8 cm³/mol. The number of guanidine groups is 1. The van der Waals surface area contributed by atoms with Crippen molar-refractivity contribution in [3.8, 4) is 0 Å². The summed E-state index contributed by atoms with van der Waals surface area (Å²) in [6, 6.07) is 0. The number of nitrogens with one attached hydrogen (secondary N) is 1. The first-order chi connectivity index (χ1) is 10.8. The van der Waals surface area contributed by atoms with Gasteiger partial charge in [-0.25, -0.2) is 4.79 Å². The van der Waals surface area contributed by atoms with Gasteiger partial charge < -0.3 is 19.9 Å². The highest BCUT2D eigenvalue weighted by Gasteiger charge is 2.22. The molecule has 0 spiro atoms. The van der Waals surface area contributed by atoms with Crippen LogP contribution in [0.15, 0.2) is 4.99 Å². The lowest BCUT2D eigenvalue weighted by Crippen LogP contribution is -2.48. The molecular weight excluding hydrogens is 292 g/mol. The van der Waals surface area contributed by atoms with E-state index in [0.717, 1.165) is 19.0 Å².